The molecule has 7 heteroatoms. The van der Waals surface area contributed by atoms with E-state index in [1.165, 1.54) is 10.4 Å². The van der Waals surface area contributed by atoms with Crippen molar-refractivity contribution >= 4 is 34.2 Å². The third kappa shape index (κ3) is 3.30. The van der Waals surface area contributed by atoms with Crippen LogP contribution in [0.5, 0.6) is 0 Å². The van der Waals surface area contributed by atoms with Crippen molar-refractivity contribution in [1.29, 1.82) is 0 Å². The van der Waals surface area contributed by atoms with E-state index in [2.05, 4.69) is 16.4 Å². The summed E-state index contributed by atoms with van der Waals surface area (Å²) in [7, 11) is 0. The second kappa shape index (κ2) is 7.08. The molecule has 3 heterocycles. The van der Waals surface area contributed by atoms with E-state index in [1.54, 1.807) is 16.2 Å². The van der Waals surface area contributed by atoms with E-state index in [-0.39, 0.29) is 11.9 Å². The van der Waals surface area contributed by atoms with E-state index in [9.17, 15) is 14.7 Å². The number of carbonyl (C=O) groups excluding carboxylic acids is 1. The molecule has 3 N–H and O–H groups in total. The molecule has 0 spiro atoms. The first-order valence-corrected chi connectivity index (χ1v) is 9.82. The average Bonchev–Trinajstić information content (AvgIpc) is 3.31. The fraction of sp³-hybridized carbons (Fsp3) is 0.300. The quantitative estimate of drug-likeness (QED) is 0.644. The number of nitrogens with zero attached hydrogens (tertiary/aromatic N) is 1. The van der Waals surface area contributed by atoms with Gasteiger partial charge in [-0.2, -0.15) is 0 Å². The van der Waals surface area contributed by atoms with Crippen molar-refractivity contribution < 1.29 is 14.7 Å². The first-order chi connectivity index (χ1) is 13.0. The number of fused-ring (bicyclic) bond motifs is 2. The summed E-state index contributed by atoms with van der Waals surface area (Å²) in [5, 5.41) is 15.5. The molecule has 1 aliphatic rings. The standard InChI is InChI=1S/C20H21N3O3S/c1-12(15-10-21-16-5-3-2-4-14(15)16)18(19(24)25)22-20(26)23-8-6-13-7-9-27-17(13)11-23/h2-5,7,9-10,12,18,21H,6,8,11H2,1H3,(H,22,26)(H,24,25)/t12-,18+/m0/s1. The van der Waals surface area contributed by atoms with Gasteiger partial charge in [0.2, 0.25) is 0 Å². The predicted octanol–water partition coefficient (Wildman–Crippen LogP) is 3.55. The van der Waals surface area contributed by atoms with Crippen molar-refractivity contribution in [2.45, 2.75) is 31.8 Å². The molecule has 2 atom stereocenters. The second-order valence-electron chi connectivity index (χ2n) is 6.88. The lowest BCUT2D eigenvalue weighted by molar-refractivity contribution is -0.139. The molecule has 2 aromatic heterocycles. The van der Waals surface area contributed by atoms with Gasteiger partial charge in [0.25, 0.3) is 0 Å². The molecule has 0 saturated heterocycles. The van der Waals surface area contributed by atoms with Crippen LogP contribution in [0.2, 0.25) is 0 Å². The normalized spacial score (nSPS) is 16.0. The molecular formula is C20H21N3O3S. The van der Waals surface area contributed by atoms with E-state index in [0.29, 0.717) is 13.1 Å². The number of aromatic nitrogens is 1. The van der Waals surface area contributed by atoms with Crippen LogP contribution in [0.25, 0.3) is 10.9 Å². The van der Waals surface area contributed by atoms with Crippen LogP contribution in [-0.2, 0) is 17.8 Å². The largest absolute Gasteiger partial charge is 0.480 e. The van der Waals surface area contributed by atoms with Crippen LogP contribution >= 0.6 is 11.3 Å². The maximum Gasteiger partial charge on any atom is 0.326 e. The number of H-pyrrole nitrogens is 1. The number of aliphatic carboxylic acids is 1. The first kappa shape index (κ1) is 17.6. The van der Waals surface area contributed by atoms with Gasteiger partial charge in [-0.1, -0.05) is 25.1 Å². The van der Waals surface area contributed by atoms with Gasteiger partial charge in [-0.15, -0.1) is 11.3 Å². The SMILES string of the molecule is C[C@@H](c1c[nH]c2ccccc12)[C@@H](NC(=O)N1CCc2ccsc2C1)C(=O)O. The van der Waals surface area contributed by atoms with Gasteiger partial charge in [-0.05, 0) is 35.1 Å². The zero-order valence-electron chi connectivity index (χ0n) is 14.9. The molecule has 0 fully saturated rings. The Morgan fingerprint density at radius 2 is 2.11 bits per heavy atom. The summed E-state index contributed by atoms with van der Waals surface area (Å²) >= 11 is 1.64. The number of benzene rings is 1. The number of urea groups is 1. The number of para-hydroxylation sites is 1. The van der Waals surface area contributed by atoms with Crippen LogP contribution in [0.15, 0.2) is 41.9 Å². The maximum atomic E-state index is 12.7. The van der Waals surface area contributed by atoms with Gasteiger partial charge < -0.3 is 20.3 Å². The van der Waals surface area contributed by atoms with Crippen LogP contribution in [0.1, 0.15) is 28.8 Å². The molecule has 1 aliphatic heterocycles. The number of thiophene rings is 1. The highest BCUT2D eigenvalue weighted by atomic mass is 32.1. The van der Waals surface area contributed by atoms with Crippen LogP contribution in [-0.4, -0.2) is 39.6 Å². The molecule has 2 amide bonds. The molecule has 27 heavy (non-hydrogen) atoms. The minimum atomic E-state index is -1.03. The average molecular weight is 383 g/mol. The second-order valence-corrected chi connectivity index (χ2v) is 7.88. The Balaban J connectivity index is 1.53. The Hall–Kier alpha value is -2.80. The van der Waals surface area contributed by atoms with Gasteiger partial charge >= 0.3 is 12.0 Å². The molecule has 4 rings (SSSR count). The van der Waals surface area contributed by atoms with E-state index < -0.39 is 12.0 Å². The topological polar surface area (TPSA) is 85.4 Å². The fourth-order valence-electron chi connectivity index (χ4n) is 3.68. The minimum Gasteiger partial charge on any atom is -0.480 e. The third-order valence-corrected chi connectivity index (χ3v) is 6.22. The Labute approximate surface area is 160 Å². The van der Waals surface area contributed by atoms with Gasteiger partial charge in [0.05, 0.1) is 6.54 Å². The summed E-state index contributed by atoms with van der Waals surface area (Å²) in [6.45, 7) is 2.97. The van der Waals surface area contributed by atoms with Crippen LogP contribution in [0.3, 0.4) is 0 Å². The van der Waals surface area contributed by atoms with Crippen molar-refractivity contribution in [2.24, 2.45) is 0 Å². The summed E-state index contributed by atoms with van der Waals surface area (Å²) in [6, 6.07) is 8.53. The summed E-state index contributed by atoms with van der Waals surface area (Å²) in [5.41, 5.74) is 3.12. The van der Waals surface area contributed by atoms with Crippen LogP contribution in [0.4, 0.5) is 4.79 Å². The number of rotatable bonds is 4. The molecule has 140 valence electrons. The lowest BCUT2D eigenvalue weighted by Crippen LogP contribution is -2.50. The highest BCUT2D eigenvalue weighted by molar-refractivity contribution is 7.10. The fourth-order valence-corrected chi connectivity index (χ4v) is 4.63. The highest BCUT2D eigenvalue weighted by Gasteiger charge is 2.31. The van der Waals surface area contributed by atoms with E-state index in [0.717, 1.165) is 22.9 Å². The van der Waals surface area contributed by atoms with Gasteiger partial charge in [0.1, 0.15) is 6.04 Å². The smallest absolute Gasteiger partial charge is 0.326 e. The molecule has 0 radical (unpaired) electrons. The van der Waals surface area contributed by atoms with Gasteiger partial charge in [-0.25, -0.2) is 9.59 Å². The molecule has 1 aromatic carbocycles. The molecule has 3 aromatic rings. The van der Waals surface area contributed by atoms with Gasteiger partial charge in [0, 0.05) is 34.4 Å². The zero-order chi connectivity index (χ0) is 19.0. The Morgan fingerprint density at radius 3 is 2.93 bits per heavy atom. The van der Waals surface area contributed by atoms with Crippen LogP contribution < -0.4 is 5.32 Å². The molecule has 6 nitrogen and oxygen atoms in total. The lowest BCUT2D eigenvalue weighted by atomic mass is 9.93. The highest BCUT2D eigenvalue weighted by Crippen LogP contribution is 2.28. The molecular weight excluding hydrogens is 362 g/mol. The molecule has 0 bridgehead atoms. The van der Waals surface area contributed by atoms with Crippen molar-refractivity contribution in [3.63, 3.8) is 0 Å². The van der Waals surface area contributed by atoms with Crippen LogP contribution in [0, 0.1) is 0 Å². The van der Waals surface area contributed by atoms with Crippen molar-refractivity contribution in [3.05, 3.63) is 57.9 Å². The number of amides is 2. The monoisotopic (exact) mass is 383 g/mol. The van der Waals surface area contributed by atoms with Crippen molar-refractivity contribution in [2.75, 3.05) is 6.54 Å². The Bertz CT molecular complexity index is 993. The summed E-state index contributed by atoms with van der Waals surface area (Å²) in [6.07, 6.45) is 2.64. The Kier molecular flexibility index (Phi) is 4.61. The molecule has 0 aliphatic carbocycles. The van der Waals surface area contributed by atoms with Gasteiger partial charge in [-0.3, -0.25) is 0 Å². The number of hydrogen-bond acceptors (Lipinski definition) is 3. The van der Waals surface area contributed by atoms with Crippen molar-refractivity contribution in [3.8, 4) is 0 Å². The van der Waals surface area contributed by atoms with E-state index >= 15 is 0 Å². The number of carbonyl (C=O) groups is 2. The Morgan fingerprint density at radius 1 is 1.30 bits per heavy atom. The summed E-state index contributed by atoms with van der Waals surface area (Å²) < 4.78 is 0. The first-order valence-electron chi connectivity index (χ1n) is 8.94. The zero-order valence-corrected chi connectivity index (χ0v) is 15.8. The van der Waals surface area contributed by atoms with E-state index in [1.807, 2.05) is 42.8 Å². The molecule has 0 unspecified atom stereocenters. The van der Waals surface area contributed by atoms with E-state index in [4.69, 9.17) is 0 Å². The maximum absolute atomic E-state index is 12.7. The number of aromatic amines is 1. The predicted molar refractivity (Wildman–Crippen MR) is 105 cm³/mol. The number of carboxylic acid groups (broad SMARTS) is 1. The summed E-state index contributed by atoms with van der Waals surface area (Å²) in [4.78, 5) is 30.7. The van der Waals surface area contributed by atoms with Gasteiger partial charge in [0.15, 0.2) is 0 Å². The van der Waals surface area contributed by atoms with Crippen molar-refractivity contribution in [1.82, 2.24) is 15.2 Å². The third-order valence-electron chi connectivity index (χ3n) is 5.27. The minimum absolute atomic E-state index is 0.326. The number of hydrogen-bond donors (Lipinski definition) is 3. The lowest BCUT2D eigenvalue weighted by Gasteiger charge is -2.30. The summed E-state index contributed by atoms with van der Waals surface area (Å²) in [5.74, 6) is -1.40. The number of nitrogens with one attached hydrogen (secondary N) is 2. The number of carboxylic acids is 1. The molecule has 0 saturated carbocycles.